The number of hydrogen-bond acceptors (Lipinski definition) is 4. The van der Waals surface area contributed by atoms with Crippen molar-refractivity contribution in [2.75, 3.05) is 32.9 Å². The maximum atomic E-state index is 9.64. The molecule has 0 bridgehead atoms. The average molecular weight is 261 g/mol. The zero-order valence-electron chi connectivity index (χ0n) is 12.4. The summed E-state index contributed by atoms with van der Waals surface area (Å²) in [6, 6.07) is 0. The van der Waals surface area contributed by atoms with Crippen LogP contribution >= 0.6 is 0 Å². The molecule has 4 heteroatoms. The number of aliphatic hydroxyl groups is 1. The first-order valence-corrected chi connectivity index (χ1v) is 7.10. The fourth-order valence-electron chi connectivity index (χ4n) is 1.51. The lowest BCUT2D eigenvalue weighted by atomic mass is 10.1. The first-order valence-electron chi connectivity index (χ1n) is 7.10. The van der Waals surface area contributed by atoms with Gasteiger partial charge in [-0.1, -0.05) is 13.8 Å². The van der Waals surface area contributed by atoms with E-state index in [1.807, 2.05) is 13.8 Å². The predicted octanol–water partition coefficient (Wildman–Crippen LogP) is 1.81. The fourth-order valence-corrected chi connectivity index (χ4v) is 1.51. The van der Waals surface area contributed by atoms with Crippen molar-refractivity contribution < 1.29 is 14.6 Å². The van der Waals surface area contributed by atoms with E-state index in [4.69, 9.17) is 9.47 Å². The molecular weight excluding hydrogens is 230 g/mol. The molecule has 0 aliphatic heterocycles. The number of aliphatic hydroxyl groups excluding tert-OH is 1. The molecule has 18 heavy (non-hydrogen) atoms. The maximum Gasteiger partial charge on any atom is 0.0897 e. The summed E-state index contributed by atoms with van der Waals surface area (Å²) in [5.74, 6) is 0.723. The number of nitrogens with one attached hydrogen (secondary N) is 1. The van der Waals surface area contributed by atoms with E-state index in [0.717, 1.165) is 25.5 Å². The Morgan fingerprint density at radius 2 is 1.83 bits per heavy atom. The van der Waals surface area contributed by atoms with Crippen LogP contribution in [0.25, 0.3) is 0 Å². The Kier molecular flexibility index (Phi) is 11.8. The van der Waals surface area contributed by atoms with Crippen LogP contribution < -0.4 is 5.32 Å². The molecule has 0 heterocycles. The Hall–Kier alpha value is -0.160. The van der Waals surface area contributed by atoms with Gasteiger partial charge in [-0.05, 0) is 32.6 Å². The number of ether oxygens (including phenoxy) is 2. The molecule has 1 unspecified atom stereocenters. The molecule has 2 N–H and O–H groups in total. The molecule has 0 aliphatic rings. The fraction of sp³-hybridized carbons (Fsp3) is 1.00. The number of hydrogen-bond donors (Lipinski definition) is 2. The molecule has 0 aliphatic carbocycles. The van der Waals surface area contributed by atoms with Gasteiger partial charge in [0, 0.05) is 19.7 Å². The summed E-state index contributed by atoms with van der Waals surface area (Å²) >= 11 is 0. The molecule has 110 valence electrons. The molecule has 0 spiro atoms. The minimum atomic E-state index is -0.428. The summed E-state index contributed by atoms with van der Waals surface area (Å²) in [7, 11) is 0. The molecule has 0 aromatic rings. The third-order valence-electron chi connectivity index (χ3n) is 2.49. The Morgan fingerprint density at radius 1 is 1.11 bits per heavy atom. The van der Waals surface area contributed by atoms with Crippen LogP contribution in [0, 0.1) is 5.92 Å². The molecular formula is C14H31NO3. The van der Waals surface area contributed by atoms with Crippen LogP contribution in [0.2, 0.25) is 0 Å². The average Bonchev–Trinajstić information content (AvgIpc) is 2.27. The Labute approximate surface area is 112 Å². The zero-order chi connectivity index (χ0) is 13.8. The molecule has 0 saturated heterocycles. The summed E-state index contributed by atoms with van der Waals surface area (Å²) in [6.07, 6.45) is 2.09. The Bertz CT molecular complexity index is 156. The lowest BCUT2D eigenvalue weighted by Crippen LogP contribution is -2.32. The van der Waals surface area contributed by atoms with E-state index in [2.05, 4.69) is 19.2 Å². The first-order chi connectivity index (χ1) is 8.52. The second-order valence-corrected chi connectivity index (χ2v) is 5.39. The summed E-state index contributed by atoms with van der Waals surface area (Å²) in [5.41, 5.74) is 0. The first kappa shape index (κ1) is 17.8. The van der Waals surface area contributed by atoms with Gasteiger partial charge in [0.05, 0.1) is 25.4 Å². The normalized spacial score (nSPS) is 13.5. The molecule has 0 rings (SSSR count). The second-order valence-electron chi connectivity index (χ2n) is 5.39. The third-order valence-corrected chi connectivity index (χ3v) is 2.49. The van der Waals surface area contributed by atoms with Crippen molar-refractivity contribution in [3.05, 3.63) is 0 Å². The highest BCUT2D eigenvalue weighted by Gasteiger charge is 2.03. The van der Waals surface area contributed by atoms with Gasteiger partial charge < -0.3 is 19.9 Å². The maximum absolute atomic E-state index is 9.64. The molecule has 0 amide bonds. The molecule has 0 saturated carbocycles. The minimum Gasteiger partial charge on any atom is -0.389 e. The van der Waals surface area contributed by atoms with Crippen molar-refractivity contribution in [3.63, 3.8) is 0 Å². The highest BCUT2D eigenvalue weighted by Crippen LogP contribution is 2.03. The highest BCUT2D eigenvalue weighted by molar-refractivity contribution is 4.58. The second kappa shape index (κ2) is 11.9. The van der Waals surface area contributed by atoms with E-state index in [1.165, 1.54) is 6.42 Å². The van der Waals surface area contributed by atoms with Crippen molar-refractivity contribution >= 4 is 0 Å². The van der Waals surface area contributed by atoms with Gasteiger partial charge >= 0.3 is 0 Å². The van der Waals surface area contributed by atoms with Gasteiger partial charge in [0.2, 0.25) is 0 Å². The predicted molar refractivity (Wildman–Crippen MR) is 74.9 cm³/mol. The molecule has 0 fully saturated rings. The zero-order valence-corrected chi connectivity index (χ0v) is 12.4. The van der Waals surface area contributed by atoms with Crippen molar-refractivity contribution in [1.29, 1.82) is 0 Å². The van der Waals surface area contributed by atoms with E-state index in [9.17, 15) is 5.11 Å². The van der Waals surface area contributed by atoms with Gasteiger partial charge in [0.25, 0.3) is 0 Å². The summed E-state index contributed by atoms with van der Waals surface area (Å²) in [5, 5.41) is 12.8. The van der Waals surface area contributed by atoms with Crippen LogP contribution in [0.5, 0.6) is 0 Å². The highest BCUT2D eigenvalue weighted by atomic mass is 16.5. The van der Waals surface area contributed by atoms with E-state index >= 15 is 0 Å². The van der Waals surface area contributed by atoms with Crippen LogP contribution in [0.15, 0.2) is 0 Å². The molecule has 4 nitrogen and oxygen atoms in total. The van der Waals surface area contributed by atoms with Crippen molar-refractivity contribution in [1.82, 2.24) is 5.32 Å². The Balaban J connectivity index is 3.19. The molecule has 0 aromatic carbocycles. The summed E-state index contributed by atoms with van der Waals surface area (Å²) in [4.78, 5) is 0. The van der Waals surface area contributed by atoms with Crippen LogP contribution in [-0.2, 0) is 9.47 Å². The van der Waals surface area contributed by atoms with Gasteiger partial charge in [-0.25, -0.2) is 0 Å². The van der Waals surface area contributed by atoms with Crippen LogP contribution in [0.1, 0.15) is 40.5 Å². The summed E-state index contributed by atoms with van der Waals surface area (Å²) < 4.78 is 10.8. The lowest BCUT2D eigenvalue weighted by Gasteiger charge is -2.13. The SMILES string of the molecule is CC(C)CCCOCC(O)CNCCOC(C)C. The standard InChI is InChI=1S/C14H31NO3/c1-12(2)6-5-8-17-11-14(16)10-15-7-9-18-13(3)4/h12-16H,5-11H2,1-4H3. The van der Waals surface area contributed by atoms with E-state index in [-0.39, 0.29) is 6.10 Å². The Morgan fingerprint density at radius 3 is 2.44 bits per heavy atom. The largest absolute Gasteiger partial charge is 0.389 e. The van der Waals surface area contributed by atoms with Gasteiger partial charge in [-0.2, -0.15) is 0 Å². The summed E-state index contributed by atoms with van der Waals surface area (Å²) in [6.45, 7) is 11.6. The van der Waals surface area contributed by atoms with Crippen molar-refractivity contribution in [2.24, 2.45) is 5.92 Å². The lowest BCUT2D eigenvalue weighted by molar-refractivity contribution is 0.0321. The minimum absolute atomic E-state index is 0.265. The van der Waals surface area contributed by atoms with Gasteiger partial charge in [0.15, 0.2) is 0 Å². The molecule has 0 aromatic heterocycles. The van der Waals surface area contributed by atoms with Gasteiger partial charge in [0.1, 0.15) is 0 Å². The monoisotopic (exact) mass is 261 g/mol. The number of rotatable bonds is 12. The van der Waals surface area contributed by atoms with E-state index in [1.54, 1.807) is 0 Å². The third kappa shape index (κ3) is 13.9. The van der Waals surface area contributed by atoms with Crippen molar-refractivity contribution in [3.8, 4) is 0 Å². The van der Waals surface area contributed by atoms with Crippen molar-refractivity contribution in [2.45, 2.75) is 52.7 Å². The van der Waals surface area contributed by atoms with Crippen LogP contribution in [0.3, 0.4) is 0 Å². The molecule has 0 radical (unpaired) electrons. The molecule has 1 atom stereocenters. The van der Waals surface area contributed by atoms with Crippen LogP contribution in [-0.4, -0.2) is 50.2 Å². The van der Waals surface area contributed by atoms with Gasteiger partial charge in [-0.3, -0.25) is 0 Å². The topological polar surface area (TPSA) is 50.7 Å². The van der Waals surface area contributed by atoms with Crippen LogP contribution in [0.4, 0.5) is 0 Å². The van der Waals surface area contributed by atoms with E-state index in [0.29, 0.717) is 19.8 Å². The smallest absolute Gasteiger partial charge is 0.0897 e. The van der Waals surface area contributed by atoms with Gasteiger partial charge in [-0.15, -0.1) is 0 Å². The quantitative estimate of drug-likeness (QED) is 0.526. The van der Waals surface area contributed by atoms with E-state index < -0.39 is 6.10 Å².